The lowest BCUT2D eigenvalue weighted by Gasteiger charge is -2.18. The fourth-order valence-corrected chi connectivity index (χ4v) is 6.17. The van der Waals surface area contributed by atoms with E-state index in [0.29, 0.717) is 49.5 Å². The Kier molecular flexibility index (Phi) is 7.20. The van der Waals surface area contributed by atoms with E-state index in [9.17, 15) is 13.2 Å². The fourth-order valence-electron chi connectivity index (χ4n) is 3.53. The second-order valence-electron chi connectivity index (χ2n) is 6.97. The van der Waals surface area contributed by atoms with E-state index in [1.165, 1.54) is 0 Å². The van der Waals surface area contributed by atoms with Crippen molar-refractivity contribution in [3.8, 4) is 5.75 Å². The Hall–Kier alpha value is -2.32. The quantitative estimate of drug-likeness (QED) is 0.500. The summed E-state index contributed by atoms with van der Waals surface area (Å²) in [7, 11) is -3.59. The minimum Gasteiger partial charge on any atom is -0.492 e. The van der Waals surface area contributed by atoms with Crippen LogP contribution in [0, 0.1) is 0 Å². The normalized spacial score (nSPS) is 11.7. The van der Waals surface area contributed by atoms with Crippen LogP contribution in [0.3, 0.4) is 0 Å². The monoisotopic (exact) mass is 448 g/mol. The number of benzene rings is 2. The predicted octanol–water partition coefficient (Wildman–Crippen LogP) is 4.32. The van der Waals surface area contributed by atoms with Crippen LogP contribution in [0.4, 0.5) is 5.69 Å². The summed E-state index contributed by atoms with van der Waals surface area (Å²) in [4.78, 5) is 12.5. The molecule has 0 aliphatic carbocycles. The summed E-state index contributed by atoms with van der Waals surface area (Å²) in [5, 5.41) is 3.21. The second kappa shape index (κ2) is 9.66. The average molecular weight is 449 g/mol. The number of fused-ring (bicyclic) bond motifs is 1. The Balaban J connectivity index is 2.15. The lowest BCUT2D eigenvalue weighted by molar-refractivity contribution is 0.314. The van der Waals surface area contributed by atoms with Gasteiger partial charge in [-0.25, -0.2) is 8.42 Å². The Bertz CT molecular complexity index is 1170. The fraction of sp³-hybridized carbons (Fsp3) is 0.409. The molecular formula is C22H28N2O4S2. The molecule has 1 heterocycles. The number of nitrogens with zero attached hydrogens (tertiary/aromatic N) is 1. The molecular weight excluding hydrogens is 420 g/mol. The molecule has 1 aromatic heterocycles. The van der Waals surface area contributed by atoms with E-state index in [4.69, 9.17) is 4.74 Å². The summed E-state index contributed by atoms with van der Waals surface area (Å²) in [6.45, 7) is 6.98. The number of thiazole rings is 1. The number of aromatic nitrogens is 1. The van der Waals surface area contributed by atoms with E-state index in [1.807, 2.05) is 51.1 Å². The Labute approximate surface area is 181 Å². The minimum absolute atomic E-state index is 0.0203. The van der Waals surface area contributed by atoms with Crippen LogP contribution < -0.4 is 14.9 Å². The molecule has 0 fully saturated rings. The van der Waals surface area contributed by atoms with Gasteiger partial charge in [0.05, 0.1) is 28.3 Å². The summed E-state index contributed by atoms with van der Waals surface area (Å²) in [5.41, 5.74) is 2.23. The van der Waals surface area contributed by atoms with Crippen molar-refractivity contribution in [2.75, 3.05) is 24.2 Å². The van der Waals surface area contributed by atoms with E-state index in [0.717, 1.165) is 21.6 Å². The molecule has 8 heteroatoms. The predicted molar refractivity (Wildman–Crippen MR) is 124 cm³/mol. The molecule has 6 nitrogen and oxygen atoms in total. The average Bonchev–Trinajstić information content (AvgIpc) is 3.03. The molecule has 3 aromatic rings. The third-order valence-corrected chi connectivity index (χ3v) is 7.71. The van der Waals surface area contributed by atoms with E-state index in [2.05, 4.69) is 5.32 Å². The van der Waals surface area contributed by atoms with Gasteiger partial charge in [0, 0.05) is 25.6 Å². The first-order chi connectivity index (χ1) is 14.4. The first kappa shape index (κ1) is 22.4. The van der Waals surface area contributed by atoms with Gasteiger partial charge in [-0.2, -0.15) is 0 Å². The standard InChI is InChI=1S/C22H28N2O4S2/c1-4-14-30(26,27)21-17(28-13-12-16-10-8-7-9-11-16)15-18-20(19(21)23-5-2)24(6-3)22(25)29-18/h7-11,15,23H,4-6,12-14H2,1-3H3. The van der Waals surface area contributed by atoms with E-state index >= 15 is 0 Å². The SMILES string of the molecule is CCCS(=O)(=O)c1c(OCCc2ccccc2)cc2sc(=O)n(CC)c2c1NCC. The largest absolute Gasteiger partial charge is 0.492 e. The Morgan fingerprint density at radius 1 is 1.13 bits per heavy atom. The number of nitrogens with one attached hydrogen (secondary N) is 1. The van der Waals surface area contributed by atoms with Crippen LogP contribution in [0.25, 0.3) is 10.2 Å². The van der Waals surface area contributed by atoms with Crippen molar-refractivity contribution in [3.63, 3.8) is 0 Å². The number of ether oxygens (including phenoxy) is 1. The molecule has 0 saturated heterocycles. The summed E-state index contributed by atoms with van der Waals surface area (Å²) in [6, 6.07) is 11.6. The van der Waals surface area contributed by atoms with Crippen LogP contribution in [-0.2, 0) is 22.8 Å². The summed E-state index contributed by atoms with van der Waals surface area (Å²) < 4.78 is 34.8. The highest BCUT2D eigenvalue weighted by Crippen LogP contribution is 2.40. The molecule has 0 saturated carbocycles. The van der Waals surface area contributed by atoms with Crippen molar-refractivity contribution in [2.45, 2.75) is 45.1 Å². The molecule has 1 N–H and O–H groups in total. The first-order valence-corrected chi connectivity index (χ1v) is 12.7. The van der Waals surface area contributed by atoms with E-state index < -0.39 is 9.84 Å². The third-order valence-electron chi connectivity index (χ3n) is 4.82. The molecule has 0 bridgehead atoms. The second-order valence-corrected chi connectivity index (χ2v) is 10.0. The highest BCUT2D eigenvalue weighted by molar-refractivity contribution is 7.91. The number of sulfone groups is 1. The molecule has 0 radical (unpaired) electrons. The highest BCUT2D eigenvalue weighted by Gasteiger charge is 2.28. The third kappa shape index (κ3) is 4.54. The maximum Gasteiger partial charge on any atom is 0.308 e. The molecule has 0 aliphatic rings. The molecule has 0 amide bonds. The number of hydrogen-bond acceptors (Lipinski definition) is 6. The van der Waals surface area contributed by atoms with Gasteiger partial charge in [-0.1, -0.05) is 48.6 Å². The van der Waals surface area contributed by atoms with Crippen LogP contribution in [0.5, 0.6) is 5.75 Å². The first-order valence-electron chi connectivity index (χ1n) is 10.3. The van der Waals surface area contributed by atoms with Crippen LogP contribution in [-0.4, -0.2) is 31.9 Å². The van der Waals surface area contributed by atoms with Gasteiger partial charge in [0.2, 0.25) is 0 Å². The summed E-state index contributed by atoms with van der Waals surface area (Å²) in [6.07, 6.45) is 1.16. The van der Waals surface area contributed by atoms with Crippen molar-refractivity contribution in [1.82, 2.24) is 4.57 Å². The lowest BCUT2D eigenvalue weighted by Crippen LogP contribution is -2.16. The molecule has 30 heavy (non-hydrogen) atoms. The summed E-state index contributed by atoms with van der Waals surface area (Å²) >= 11 is 1.11. The van der Waals surface area contributed by atoms with Gasteiger partial charge in [0.1, 0.15) is 10.6 Å². The van der Waals surface area contributed by atoms with Crippen LogP contribution >= 0.6 is 11.3 Å². The van der Waals surface area contributed by atoms with Crippen molar-refractivity contribution < 1.29 is 13.2 Å². The zero-order valence-corrected chi connectivity index (χ0v) is 19.2. The maximum absolute atomic E-state index is 13.2. The number of anilines is 1. The van der Waals surface area contributed by atoms with Gasteiger partial charge >= 0.3 is 4.87 Å². The molecule has 2 aromatic carbocycles. The van der Waals surface area contributed by atoms with Gasteiger partial charge in [-0.05, 0) is 25.8 Å². The Morgan fingerprint density at radius 2 is 1.87 bits per heavy atom. The number of hydrogen-bond donors (Lipinski definition) is 1. The van der Waals surface area contributed by atoms with Crippen LogP contribution in [0.1, 0.15) is 32.8 Å². The van der Waals surface area contributed by atoms with Crippen molar-refractivity contribution in [3.05, 3.63) is 51.6 Å². The van der Waals surface area contributed by atoms with Crippen LogP contribution in [0.2, 0.25) is 0 Å². The van der Waals surface area contributed by atoms with Crippen molar-refractivity contribution >= 4 is 37.1 Å². The highest BCUT2D eigenvalue weighted by atomic mass is 32.2. The summed E-state index contributed by atoms with van der Waals surface area (Å²) in [5.74, 6) is 0.333. The maximum atomic E-state index is 13.2. The van der Waals surface area contributed by atoms with Gasteiger partial charge in [0.15, 0.2) is 9.84 Å². The lowest BCUT2D eigenvalue weighted by atomic mass is 10.2. The molecule has 0 spiro atoms. The van der Waals surface area contributed by atoms with Crippen molar-refractivity contribution in [2.24, 2.45) is 0 Å². The topological polar surface area (TPSA) is 77.4 Å². The van der Waals surface area contributed by atoms with Gasteiger partial charge in [-0.3, -0.25) is 9.36 Å². The zero-order chi connectivity index (χ0) is 21.7. The number of aryl methyl sites for hydroxylation is 1. The smallest absolute Gasteiger partial charge is 0.308 e. The zero-order valence-electron chi connectivity index (χ0n) is 17.6. The molecule has 0 atom stereocenters. The van der Waals surface area contributed by atoms with Gasteiger partial charge in [-0.15, -0.1) is 0 Å². The molecule has 0 aliphatic heterocycles. The van der Waals surface area contributed by atoms with E-state index in [-0.39, 0.29) is 15.5 Å². The van der Waals surface area contributed by atoms with Crippen LogP contribution in [0.15, 0.2) is 46.1 Å². The van der Waals surface area contributed by atoms with E-state index in [1.54, 1.807) is 10.6 Å². The van der Waals surface area contributed by atoms with Crippen molar-refractivity contribution in [1.29, 1.82) is 0 Å². The molecule has 162 valence electrons. The Morgan fingerprint density at radius 3 is 2.50 bits per heavy atom. The molecule has 3 rings (SSSR count). The minimum atomic E-state index is -3.59. The van der Waals surface area contributed by atoms with Gasteiger partial charge in [0.25, 0.3) is 0 Å². The number of rotatable bonds is 10. The molecule has 0 unspecified atom stereocenters. The van der Waals surface area contributed by atoms with Gasteiger partial charge < -0.3 is 10.1 Å².